The van der Waals surface area contributed by atoms with Gasteiger partial charge in [0.15, 0.2) is 0 Å². The van der Waals surface area contributed by atoms with Gasteiger partial charge in [0.25, 0.3) is 0 Å². The number of amides is 1. The first-order valence-electron chi connectivity index (χ1n) is 6.14. The number of carbonyl (C=O) groups is 1. The van der Waals surface area contributed by atoms with Crippen molar-refractivity contribution in [2.24, 2.45) is 11.7 Å². The molecule has 0 saturated heterocycles. The Morgan fingerprint density at radius 1 is 1.47 bits per heavy atom. The second kappa shape index (κ2) is 4.12. The third-order valence-electron chi connectivity index (χ3n) is 3.74. The summed E-state index contributed by atoms with van der Waals surface area (Å²) in [6.07, 6.45) is 7.50. The molecule has 0 spiro atoms. The predicted molar refractivity (Wildman–Crippen MR) is 60.3 cm³/mol. The molecule has 0 aliphatic heterocycles. The zero-order chi connectivity index (χ0) is 10.9. The van der Waals surface area contributed by atoms with Gasteiger partial charge >= 0.3 is 0 Å². The van der Waals surface area contributed by atoms with Crippen molar-refractivity contribution >= 4 is 5.91 Å². The molecule has 2 rings (SSSR count). The standard InChI is InChI=1S/C12H22N2O/c1-12(5-6-12)14-11(15)8-9-3-2-4-10(13)7-9/h9-10H,2-8,13H2,1H3,(H,14,15). The second-order valence-electron chi connectivity index (χ2n) is 5.61. The van der Waals surface area contributed by atoms with E-state index in [4.69, 9.17) is 5.73 Å². The summed E-state index contributed by atoms with van der Waals surface area (Å²) in [4.78, 5) is 11.7. The van der Waals surface area contributed by atoms with E-state index in [2.05, 4.69) is 12.2 Å². The third-order valence-corrected chi connectivity index (χ3v) is 3.74. The summed E-state index contributed by atoms with van der Waals surface area (Å²) in [5, 5.41) is 3.11. The number of hydrogen-bond donors (Lipinski definition) is 2. The molecule has 3 N–H and O–H groups in total. The Hall–Kier alpha value is -0.570. The molecule has 0 aromatic heterocycles. The lowest BCUT2D eigenvalue weighted by atomic mass is 9.84. The molecule has 2 saturated carbocycles. The van der Waals surface area contributed by atoms with E-state index in [1.807, 2.05) is 0 Å². The molecule has 2 aliphatic carbocycles. The van der Waals surface area contributed by atoms with Crippen molar-refractivity contribution in [1.29, 1.82) is 0 Å². The predicted octanol–water partition coefficient (Wildman–Crippen LogP) is 1.56. The Morgan fingerprint density at radius 2 is 2.20 bits per heavy atom. The van der Waals surface area contributed by atoms with Crippen LogP contribution in [-0.4, -0.2) is 17.5 Å². The van der Waals surface area contributed by atoms with E-state index in [-0.39, 0.29) is 11.4 Å². The molecule has 0 heterocycles. The van der Waals surface area contributed by atoms with E-state index in [1.54, 1.807) is 0 Å². The van der Waals surface area contributed by atoms with Crippen LogP contribution in [0.4, 0.5) is 0 Å². The van der Waals surface area contributed by atoms with E-state index < -0.39 is 0 Å². The van der Waals surface area contributed by atoms with Crippen LogP contribution in [0.5, 0.6) is 0 Å². The summed E-state index contributed by atoms with van der Waals surface area (Å²) in [5.74, 6) is 0.755. The van der Waals surface area contributed by atoms with Gasteiger partial charge in [-0.2, -0.15) is 0 Å². The molecule has 2 atom stereocenters. The Bertz CT molecular complexity index is 248. The Balaban J connectivity index is 1.73. The van der Waals surface area contributed by atoms with Crippen LogP contribution in [0.15, 0.2) is 0 Å². The number of nitrogens with two attached hydrogens (primary N) is 1. The molecule has 3 heteroatoms. The molecule has 15 heavy (non-hydrogen) atoms. The van der Waals surface area contributed by atoms with Gasteiger partial charge in [0, 0.05) is 18.0 Å². The maximum atomic E-state index is 11.7. The van der Waals surface area contributed by atoms with Gasteiger partial charge < -0.3 is 11.1 Å². The van der Waals surface area contributed by atoms with Gasteiger partial charge in [0.2, 0.25) is 5.91 Å². The van der Waals surface area contributed by atoms with Crippen LogP contribution >= 0.6 is 0 Å². The van der Waals surface area contributed by atoms with Crippen LogP contribution in [-0.2, 0) is 4.79 Å². The van der Waals surface area contributed by atoms with Crippen molar-refractivity contribution in [3.05, 3.63) is 0 Å². The zero-order valence-corrected chi connectivity index (χ0v) is 9.59. The van der Waals surface area contributed by atoms with Crippen LogP contribution < -0.4 is 11.1 Å². The number of nitrogens with one attached hydrogen (secondary N) is 1. The molecule has 0 bridgehead atoms. The zero-order valence-electron chi connectivity index (χ0n) is 9.59. The summed E-state index contributed by atoms with van der Waals surface area (Å²) in [5.41, 5.74) is 6.04. The van der Waals surface area contributed by atoms with Crippen molar-refractivity contribution < 1.29 is 4.79 Å². The van der Waals surface area contributed by atoms with Crippen molar-refractivity contribution in [3.63, 3.8) is 0 Å². The molecule has 0 radical (unpaired) electrons. The molecule has 1 amide bonds. The first-order valence-corrected chi connectivity index (χ1v) is 6.14. The van der Waals surface area contributed by atoms with Crippen LogP contribution in [0.25, 0.3) is 0 Å². The quantitative estimate of drug-likeness (QED) is 0.742. The lowest BCUT2D eigenvalue weighted by molar-refractivity contribution is -0.123. The fourth-order valence-electron chi connectivity index (χ4n) is 2.48. The third kappa shape index (κ3) is 3.20. The van der Waals surface area contributed by atoms with Crippen LogP contribution in [0.3, 0.4) is 0 Å². The molecule has 3 nitrogen and oxygen atoms in total. The summed E-state index contributed by atoms with van der Waals surface area (Å²) >= 11 is 0. The first kappa shape index (κ1) is 10.9. The summed E-state index contributed by atoms with van der Waals surface area (Å²) < 4.78 is 0. The molecule has 2 fully saturated rings. The highest BCUT2D eigenvalue weighted by Gasteiger charge is 2.38. The lowest BCUT2D eigenvalue weighted by Crippen LogP contribution is -2.37. The Kier molecular flexibility index (Phi) is 3.01. The minimum atomic E-state index is 0.133. The van der Waals surface area contributed by atoms with Crippen molar-refractivity contribution in [1.82, 2.24) is 5.32 Å². The number of carbonyl (C=O) groups excluding carboxylic acids is 1. The van der Waals surface area contributed by atoms with Gasteiger partial charge in [0.1, 0.15) is 0 Å². The van der Waals surface area contributed by atoms with E-state index in [9.17, 15) is 4.79 Å². The molecular weight excluding hydrogens is 188 g/mol. The highest BCUT2D eigenvalue weighted by Crippen LogP contribution is 2.35. The maximum absolute atomic E-state index is 11.7. The van der Waals surface area contributed by atoms with Crippen LogP contribution in [0.1, 0.15) is 51.9 Å². The number of hydrogen-bond acceptors (Lipinski definition) is 2. The van der Waals surface area contributed by atoms with E-state index >= 15 is 0 Å². The number of rotatable bonds is 3. The highest BCUT2D eigenvalue weighted by molar-refractivity contribution is 5.77. The monoisotopic (exact) mass is 210 g/mol. The van der Waals surface area contributed by atoms with Gasteiger partial charge in [-0.25, -0.2) is 0 Å². The average Bonchev–Trinajstić information content (AvgIpc) is 2.82. The largest absolute Gasteiger partial charge is 0.351 e. The molecule has 0 aromatic carbocycles. The minimum absolute atomic E-state index is 0.133. The molecule has 0 aromatic rings. The summed E-state index contributed by atoms with van der Waals surface area (Å²) in [7, 11) is 0. The maximum Gasteiger partial charge on any atom is 0.220 e. The molecule has 86 valence electrons. The van der Waals surface area contributed by atoms with E-state index in [0.717, 1.165) is 25.7 Å². The van der Waals surface area contributed by atoms with Crippen LogP contribution in [0, 0.1) is 5.92 Å². The minimum Gasteiger partial charge on any atom is -0.351 e. The fraction of sp³-hybridized carbons (Fsp3) is 0.917. The van der Waals surface area contributed by atoms with Crippen molar-refractivity contribution in [2.45, 2.75) is 63.5 Å². The molecule has 2 aliphatic rings. The Labute approximate surface area is 91.8 Å². The topological polar surface area (TPSA) is 55.1 Å². The van der Waals surface area contributed by atoms with Gasteiger partial charge in [0.05, 0.1) is 0 Å². The van der Waals surface area contributed by atoms with Gasteiger partial charge in [-0.3, -0.25) is 4.79 Å². The highest BCUT2D eigenvalue weighted by atomic mass is 16.1. The smallest absolute Gasteiger partial charge is 0.220 e. The Morgan fingerprint density at radius 3 is 2.80 bits per heavy atom. The van der Waals surface area contributed by atoms with E-state index in [1.165, 1.54) is 12.8 Å². The summed E-state index contributed by atoms with van der Waals surface area (Å²) in [6, 6.07) is 0.327. The summed E-state index contributed by atoms with van der Waals surface area (Å²) in [6.45, 7) is 2.12. The first-order chi connectivity index (χ1) is 7.07. The van der Waals surface area contributed by atoms with E-state index in [0.29, 0.717) is 18.4 Å². The normalized spacial score (nSPS) is 33.5. The SMILES string of the molecule is CC1(NC(=O)CC2CCCC(N)C2)CC1. The molecular formula is C12H22N2O. The average molecular weight is 210 g/mol. The van der Waals surface area contributed by atoms with Crippen molar-refractivity contribution in [2.75, 3.05) is 0 Å². The van der Waals surface area contributed by atoms with Crippen molar-refractivity contribution in [3.8, 4) is 0 Å². The van der Waals surface area contributed by atoms with Gasteiger partial charge in [-0.1, -0.05) is 6.42 Å². The van der Waals surface area contributed by atoms with Crippen LogP contribution in [0.2, 0.25) is 0 Å². The lowest BCUT2D eigenvalue weighted by Gasteiger charge is -2.26. The van der Waals surface area contributed by atoms with Gasteiger partial charge in [-0.15, -0.1) is 0 Å². The molecule has 2 unspecified atom stereocenters. The van der Waals surface area contributed by atoms with Gasteiger partial charge in [-0.05, 0) is 44.9 Å². The second-order valence-corrected chi connectivity index (χ2v) is 5.61. The fourth-order valence-corrected chi connectivity index (χ4v) is 2.48.